The van der Waals surface area contributed by atoms with Crippen LogP contribution in [0.5, 0.6) is 0 Å². The number of anilines is 3. The van der Waals surface area contributed by atoms with E-state index in [-0.39, 0.29) is 59.6 Å². The zero-order valence-electron chi connectivity index (χ0n) is 45.9. The van der Waals surface area contributed by atoms with Crippen LogP contribution in [0.25, 0.3) is 44.6 Å². The van der Waals surface area contributed by atoms with Crippen LogP contribution in [0.15, 0.2) is 109 Å². The normalized spacial score (nSPS) is 17.2. The van der Waals surface area contributed by atoms with Crippen LogP contribution in [0.2, 0.25) is 10.0 Å². The van der Waals surface area contributed by atoms with Crippen LogP contribution in [-0.2, 0) is 39.6 Å². The first kappa shape index (κ1) is 59.5. The van der Waals surface area contributed by atoms with E-state index in [1.807, 2.05) is 119 Å². The monoisotopic (exact) mass is 1180 g/mol. The van der Waals surface area contributed by atoms with Gasteiger partial charge in [-0.2, -0.15) is 10.2 Å². The van der Waals surface area contributed by atoms with Gasteiger partial charge in [0, 0.05) is 82.9 Å². The average Bonchev–Trinajstić information content (AvgIpc) is 4.10. The number of nitro groups is 1. The van der Waals surface area contributed by atoms with E-state index in [0.717, 1.165) is 77.9 Å². The molecule has 0 aliphatic heterocycles. The molecule has 4 aromatic carbocycles. The van der Waals surface area contributed by atoms with E-state index in [9.17, 15) is 19.7 Å². The Balaban J connectivity index is 0.000000210. The Kier molecular flexibility index (Phi) is 19.0. The number of rotatable bonds is 13. The largest absolute Gasteiger partial charge is 0.444 e. The molecular formula is C58H66Cl2FeN14O6. The number of hydrogen-bond acceptors (Lipinski definition) is 15. The maximum atomic E-state index is 13.3. The van der Waals surface area contributed by atoms with Crippen LogP contribution < -0.4 is 16.4 Å². The smallest absolute Gasteiger partial charge is 0.410 e. The fraction of sp³-hybridized carbons (Fsp3) is 0.379. The van der Waals surface area contributed by atoms with Crippen LogP contribution in [-0.4, -0.2) is 103 Å². The summed E-state index contributed by atoms with van der Waals surface area (Å²) in [6.45, 7) is 11.9. The number of aromatic amines is 2. The molecule has 10 rings (SSSR count). The summed E-state index contributed by atoms with van der Waals surface area (Å²) in [7, 11) is 0. The number of amides is 2. The third-order valence-electron chi connectivity index (χ3n) is 13.8. The second-order valence-corrected chi connectivity index (χ2v) is 23.0. The van der Waals surface area contributed by atoms with E-state index in [0.29, 0.717) is 63.4 Å². The van der Waals surface area contributed by atoms with Gasteiger partial charge in [0.05, 0.1) is 38.4 Å². The summed E-state index contributed by atoms with van der Waals surface area (Å²) in [5.41, 5.74) is 11.3. The van der Waals surface area contributed by atoms with Crippen LogP contribution in [0.3, 0.4) is 0 Å². The average molecular weight is 1180 g/mol. The molecule has 4 atom stereocenters. The van der Waals surface area contributed by atoms with E-state index in [1.54, 1.807) is 29.4 Å². The van der Waals surface area contributed by atoms with Crippen molar-refractivity contribution in [1.82, 2.24) is 50.1 Å². The quantitative estimate of drug-likeness (QED) is 0.0311. The van der Waals surface area contributed by atoms with Crippen LogP contribution in [0, 0.1) is 10.1 Å². The van der Waals surface area contributed by atoms with E-state index in [1.165, 1.54) is 12.1 Å². The summed E-state index contributed by atoms with van der Waals surface area (Å²) in [5, 5.41) is 35.6. The topological polar surface area (TPSA) is 261 Å². The predicted octanol–water partition coefficient (Wildman–Crippen LogP) is 13.2. The maximum absolute atomic E-state index is 13.3. The van der Waals surface area contributed by atoms with Crippen molar-refractivity contribution in [3.05, 3.63) is 141 Å². The standard InChI is InChI=1S/C29H32ClN7O4.C29H34ClN7O2.Fe/c1-29(2,3)41-28(38)36(17-18-11-13-20(14-12-18)37(39)40)21-8-6-7-19(15-21)32-27-31-16-23(30)26(33-27)25-22-9-4-5-10-24(22)34-35-25;1-29(2,3)39-28(38)37(17-18-11-13-19(31)14-12-18)21-8-6-7-20(15-21)33-27-32-16-23(30)26(34-27)25-22-9-4-5-10-24(22)35-36-25;/h4-5,9-14,16,19,21H,6-8,15,17H2,1-3H3,(H,34,35)(H,31,32,33);4-5,9-14,16,20-21H,6-8,15,17,31H2,1-3H3,(H,35,36)(H,32,33,34);/t19?,21-;20?,21-;/m00./s1. The molecule has 2 fully saturated rings. The van der Waals surface area contributed by atoms with Crippen molar-refractivity contribution in [2.75, 3.05) is 16.4 Å². The minimum atomic E-state index is -0.666. The van der Waals surface area contributed by atoms with E-state index in [2.05, 4.69) is 41.0 Å². The molecular weight excluding hydrogens is 1120 g/mol. The first-order chi connectivity index (χ1) is 38.2. The van der Waals surface area contributed by atoms with E-state index >= 15 is 0 Å². The fourth-order valence-electron chi connectivity index (χ4n) is 10.1. The third-order valence-corrected chi connectivity index (χ3v) is 14.4. The number of carbonyl (C=O) groups excluding carboxylic acids is 2. The molecule has 2 saturated carbocycles. The summed E-state index contributed by atoms with van der Waals surface area (Å²) >= 11 is 13.0. The predicted molar refractivity (Wildman–Crippen MR) is 311 cm³/mol. The third kappa shape index (κ3) is 15.5. The molecule has 2 aliphatic rings. The van der Waals surface area contributed by atoms with Gasteiger partial charge in [-0.3, -0.25) is 20.3 Å². The number of ether oxygens (including phenoxy) is 2. The van der Waals surface area contributed by atoms with Gasteiger partial charge >= 0.3 is 12.2 Å². The molecule has 426 valence electrons. The zero-order valence-corrected chi connectivity index (χ0v) is 48.6. The maximum Gasteiger partial charge on any atom is 0.410 e. The van der Waals surface area contributed by atoms with Gasteiger partial charge in [-0.25, -0.2) is 29.5 Å². The summed E-state index contributed by atoms with van der Waals surface area (Å²) in [6, 6.07) is 29.4. The number of nitrogens with zero attached hydrogens (tertiary/aromatic N) is 9. The first-order valence-corrected chi connectivity index (χ1v) is 27.5. The van der Waals surface area contributed by atoms with Crippen LogP contribution >= 0.6 is 23.2 Å². The number of carbonyl (C=O) groups is 2. The van der Waals surface area contributed by atoms with Gasteiger partial charge < -0.3 is 35.6 Å². The van der Waals surface area contributed by atoms with Gasteiger partial charge in [-0.05, 0) is 128 Å². The molecule has 4 heterocycles. The van der Waals surface area contributed by atoms with Gasteiger partial charge in [-0.1, -0.05) is 83.9 Å². The van der Waals surface area contributed by atoms with E-state index in [4.69, 9.17) is 48.4 Å². The summed E-state index contributed by atoms with van der Waals surface area (Å²) in [6.07, 6.45) is 9.16. The Bertz CT molecular complexity index is 3460. The van der Waals surface area contributed by atoms with Crippen LogP contribution in [0.4, 0.5) is 32.9 Å². The molecule has 0 bridgehead atoms. The Morgan fingerprint density at radius 3 is 1.46 bits per heavy atom. The van der Waals surface area contributed by atoms with Crippen molar-refractivity contribution >= 4 is 80.5 Å². The molecule has 23 heteroatoms. The molecule has 0 radical (unpaired) electrons. The molecule has 20 nitrogen and oxygen atoms in total. The number of benzene rings is 4. The van der Waals surface area contributed by atoms with E-state index < -0.39 is 22.2 Å². The fourth-order valence-corrected chi connectivity index (χ4v) is 10.4. The first-order valence-electron chi connectivity index (χ1n) is 26.8. The van der Waals surface area contributed by atoms with Crippen molar-refractivity contribution in [3.8, 4) is 22.8 Å². The number of halogens is 2. The minimum Gasteiger partial charge on any atom is -0.444 e. The molecule has 2 amide bonds. The van der Waals surface area contributed by atoms with Gasteiger partial charge in [0.1, 0.15) is 34.0 Å². The number of nitrogen functional groups attached to an aromatic ring is 1. The van der Waals surface area contributed by atoms with Crippen molar-refractivity contribution in [1.29, 1.82) is 0 Å². The zero-order chi connectivity index (χ0) is 56.7. The number of nitrogens with one attached hydrogen (secondary N) is 4. The molecule has 0 saturated heterocycles. The van der Waals surface area contributed by atoms with Crippen molar-refractivity contribution in [2.45, 2.75) is 141 Å². The van der Waals surface area contributed by atoms with Gasteiger partial charge in [-0.15, -0.1) is 0 Å². The van der Waals surface area contributed by atoms with Crippen LogP contribution in [0.1, 0.15) is 104 Å². The molecule has 2 aliphatic carbocycles. The molecule has 81 heavy (non-hydrogen) atoms. The number of nitrogens with two attached hydrogens (primary N) is 1. The number of H-pyrrole nitrogens is 2. The summed E-state index contributed by atoms with van der Waals surface area (Å²) in [4.78, 5) is 59.2. The SMILES string of the molecule is CC(C)(C)OC(=O)N(Cc1ccc(N)cc1)[C@H]1CCCC(Nc2ncc(Cl)c(-c3n[nH]c4ccccc34)n2)C1.CC(C)(C)OC(=O)N(Cc1ccc([N+](=O)[O-])cc1)[C@H]1CCCC(Nc2ncc(Cl)c(-c3n[nH]c4ccccc34)n2)C1.[Fe]. The van der Waals surface area contributed by atoms with Gasteiger partial charge in [0.25, 0.3) is 5.69 Å². The molecule has 4 aromatic heterocycles. The molecule has 0 spiro atoms. The molecule has 2 unspecified atom stereocenters. The molecule has 6 N–H and O–H groups in total. The summed E-state index contributed by atoms with van der Waals surface area (Å²) < 4.78 is 11.6. The number of para-hydroxylation sites is 2. The Morgan fingerprint density at radius 2 is 1.05 bits per heavy atom. The number of non-ortho nitro benzene ring substituents is 1. The number of nitro benzene ring substituents is 1. The van der Waals surface area contributed by atoms with Gasteiger partial charge in [0.15, 0.2) is 0 Å². The Morgan fingerprint density at radius 1 is 0.642 bits per heavy atom. The van der Waals surface area contributed by atoms with Crippen molar-refractivity contribution in [3.63, 3.8) is 0 Å². The molecule has 8 aromatic rings. The Hall–Kier alpha value is -7.58. The minimum absolute atomic E-state index is 0. The number of aromatic nitrogens is 8. The second-order valence-electron chi connectivity index (χ2n) is 22.2. The Labute approximate surface area is 490 Å². The second kappa shape index (κ2) is 25.9. The number of hydrogen-bond donors (Lipinski definition) is 5. The summed E-state index contributed by atoms with van der Waals surface area (Å²) in [5.74, 6) is 0.913. The van der Waals surface area contributed by atoms with Crippen molar-refractivity contribution < 1.29 is 41.1 Å². The number of fused-ring (bicyclic) bond motifs is 2. The van der Waals surface area contributed by atoms with Crippen molar-refractivity contribution in [2.24, 2.45) is 0 Å². The van der Waals surface area contributed by atoms with Gasteiger partial charge in [0.2, 0.25) is 11.9 Å².